The Bertz CT molecular complexity index is 669. The number of nitrogens with zero attached hydrogens (tertiary/aromatic N) is 4. The zero-order valence-corrected chi connectivity index (χ0v) is 17.0. The van der Waals surface area contributed by atoms with Crippen molar-refractivity contribution in [3.63, 3.8) is 0 Å². The van der Waals surface area contributed by atoms with Crippen LogP contribution in [-0.4, -0.2) is 96.2 Å². The SMILES string of the molecule is O=C(CN1CC2(CCN(Cc3cscn3)CC2)OCCC1=O)N1CCOCC1. The first-order valence-corrected chi connectivity index (χ1v) is 10.9. The second kappa shape index (κ2) is 8.86. The molecule has 1 spiro atoms. The second-order valence-corrected chi connectivity index (χ2v) is 8.50. The van der Waals surface area contributed by atoms with Gasteiger partial charge in [-0.05, 0) is 12.8 Å². The molecule has 0 N–H and O–H groups in total. The van der Waals surface area contributed by atoms with Crippen LogP contribution in [0.3, 0.4) is 0 Å². The zero-order valence-electron chi connectivity index (χ0n) is 16.2. The molecule has 4 heterocycles. The minimum atomic E-state index is -0.337. The molecular formula is C19H28N4O4S. The summed E-state index contributed by atoms with van der Waals surface area (Å²) in [6.07, 6.45) is 2.08. The third-order valence-electron chi connectivity index (χ3n) is 5.88. The third kappa shape index (κ3) is 4.71. The van der Waals surface area contributed by atoms with Gasteiger partial charge in [0.2, 0.25) is 11.8 Å². The number of morpholine rings is 1. The number of amides is 2. The molecule has 2 amide bonds. The fraction of sp³-hybridized carbons (Fsp3) is 0.737. The fourth-order valence-corrected chi connectivity index (χ4v) is 4.73. The van der Waals surface area contributed by atoms with Gasteiger partial charge in [-0.25, -0.2) is 4.98 Å². The minimum absolute atomic E-state index is 0.00895. The summed E-state index contributed by atoms with van der Waals surface area (Å²) in [7, 11) is 0. The molecule has 0 unspecified atom stereocenters. The number of aromatic nitrogens is 1. The Labute approximate surface area is 169 Å². The zero-order chi connectivity index (χ0) is 19.4. The molecule has 0 saturated carbocycles. The molecule has 0 aliphatic carbocycles. The first-order valence-electron chi connectivity index (χ1n) is 10.0. The van der Waals surface area contributed by atoms with Crippen molar-refractivity contribution in [3.8, 4) is 0 Å². The summed E-state index contributed by atoms with van der Waals surface area (Å²) >= 11 is 1.62. The van der Waals surface area contributed by atoms with Crippen molar-refractivity contribution in [1.82, 2.24) is 19.7 Å². The average molecular weight is 409 g/mol. The lowest BCUT2D eigenvalue weighted by molar-refractivity contribution is -0.144. The van der Waals surface area contributed by atoms with Crippen LogP contribution in [0.1, 0.15) is 25.0 Å². The van der Waals surface area contributed by atoms with Crippen LogP contribution >= 0.6 is 11.3 Å². The van der Waals surface area contributed by atoms with Gasteiger partial charge in [0.05, 0.1) is 56.1 Å². The number of rotatable bonds is 4. The van der Waals surface area contributed by atoms with E-state index < -0.39 is 0 Å². The number of carbonyl (C=O) groups excluding carboxylic acids is 2. The van der Waals surface area contributed by atoms with E-state index in [-0.39, 0.29) is 24.0 Å². The maximum atomic E-state index is 12.6. The summed E-state index contributed by atoms with van der Waals surface area (Å²) in [6.45, 7) is 6.13. The molecule has 3 aliphatic rings. The van der Waals surface area contributed by atoms with Gasteiger partial charge in [0.15, 0.2) is 0 Å². The quantitative estimate of drug-likeness (QED) is 0.726. The molecule has 8 nitrogen and oxygen atoms in total. The van der Waals surface area contributed by atoms with E-state index in [2.05, 4.69) is 15.3 Å². The Balaban J connectivity index is 1.35. The van der Waals surface area contributed by atoms with Crippen LogP contribution in [0.15, 0.2) is 10.9 Å². The lowest BCUT2D eigenvalue weighted by Crippen LogP contribution is -2.54. The van der Waals surface area contributed by atoms with E-state index in [0.717, 1.165) is 38.2 Å². The molecule has 3 fully saturated rings. The Morgan fingerprint density at radius 2 is 1.96 bits per heavy atom. The normalized spacial score (nSPS) is 23.8. The second-order valence-electron chi connectivity index (χ2n) is 7.78. The molecule has 28 heavy (non-hydrogen) atoms. The molecule has 4 rings (SSSR count). The van der Waals surface area contributed by atoms with E-state index in [9.17, 15) is 9.59 Å². The first-order chi connectivity index (χ1) is 13.6. The highest BCUT2D eigenvalue weighted by atomic mass is 32.1. The highest BCUT2D eigenvalue weighted by molar-refractivity contribution is 7.07. The van der Waals surface area contributed by atoms with Crippen LogP contribution in [0.4, 0.5) is 0 Å². The molecular weight excluding hydrogens is 380 g/mol. The Morgan fingerprint density at radius 1 is 1.18 bits per heavy atom. The molecule has 1 aromatic rings. The lowest BCUT2D eigenvalue weighted by atomic mass is 9.90. The fourth-order valence-electron chi connectivity index (χ4n) is 4.18. The molecule has 0 aromatic carbocycles. The maximum absolute atomic E-state index is 12.6. The highest BCUT2D eigenvalue weighted by Crippen LogP contribution is 2.30. The predicted octanol–water partition coefficient (Wildman–Crippen LogP) is 0.585. The number of hydrogen-bond donors (Lipinski definition) is 0. The summed E-state index contributed by atoms with van der Waals surface area (Å²) in [5, 5.41) is 2.09. The van der Waals surface area contributed by atoms with Gasteiger partial charge in [-0.15, -0.1) is 11.3 Å². The van der Waals surface area contributed by atoms with E-state index >= 15 is 0 Å². The molecule has 0 atom stereocenters. The van der Waals surface area contributed by atoms with Crippen molar-refractivity contribution in [2.75, 3.05) is 59.1 Å². The van der Waals surface area contributed by atoms with Crippen LogP contribution in [0.25, 0.3) is 0 Å². The van der Waals surface area contributed by atoms with Crippen molar-refractivity contribution >= 4 is 23.2 Å². The Morgan fingerprint density at radius 3 is 2.68 bits per heavy atom. The number of carbonyl (C=O) groups is 2. The van der Waals surface area contributed by atoms with Crippen LogP contribution in [0.2, 0.25) is 0 Å². The maximum Gasteiger partial charge on any atom is 0.242 e. The van der Waals surface area contributed by atoms with Gasteiger partial charge < -0.3 is 19.3 Å². The molecule has 3 saturated heterocycles. The van der Waals surface area contributed by atoms with Gasteiger partial charge >= 0.3 is 0 Å². The van der Waals surface area contributed by atoms with Crippen LogP contribution in [-0.2, 0) is 25.6 Å². The van der Waals surface area contributed by atoms with Crippen LogP contribution in [0, 0.1) is 0 Å². The van der Waals surface area contributed by atoms with Crippen molar-refractivity contribution in [2.24, 2.45) is 0 Å². The molecule has 0 radical (unpaired) electrons. The van der Waals surface area contributed by atoms with E-state index in [0.29, 0.717) is 45.9 Å². The van der Waals surface area contributed by atoms with Gasteiger partial charge in [-0.3, -0.25) is 14.5 Å². The van der Waals surface area contributed by atoms with E-state index in [1.54, 1.807) is 21.1 Å². The first kappa shape index (κ1) is 19.8. The van der Waals surface area contributed by atoms with Crippen molar-refractivity contribution in [3.05, 3.63) is 16.6 Å². The monoisotopic (exact) mass is 408 g/mol. The van der Waals surface area contributed by atoms with Gasteiger partial charge in [-0.1, -0.05) is 0 Å². The van der Waals surface area contributed by atoms with Gasteiger partial charge in [-0.2, -0.15) is 0 Å². The largest absolute Gasteiger partial charge is 0.378 e. The lowest BCUT2D eigenvalue weighted by Gasteiger charge is -2.42. The van der Waals surface area contributed by atoms with Crippen LogP contribution in [0.5, 0.6) is 0 Å². The predicted molar refractivity (Wildman–Crippen MR) is 104 cm³/mol. The third-order valence-corrected chi connectivity index (χ3v) is 6.52. The molecule has 0 bridgehead atoms. The van der Waals surface area contributed by atoms with Gasteiger partial charge in [0, 0.05) is 38.1 Å². The Kier molecular flexibility index (Phi) is 6.25. The molecule has 9 heteroatoms. The topological polar surface area (TPSA) is 75.2 Å². The standard InChI is InChI=1S/C19H28N4O4S/c24-17-1-8-27-19(2-4-21(5-3-19)11-16-13-28-15-20-16)14-23(17)12-18(25)22-6-9-26-10-7-22/h13,15H,1-12,14H2. The van der Waals surface area contributed by atoms with E-state index in [1.165, 1.54) is 0 Å². The van der Waals surface area contributed by atoms with Gasteiger partial charge in [0.25, 0.3) is 0 Å². The average Bonchev–Trinajstić information content (AvgIpc) is 3.18. The van der Waals surface area contributed by atoms with Crippen molar-refractivity contribution in [1.29, 1.82) is 0 Å². The number of piperidine rings is 1. The molecule has 154 valence electrons. The summed E-state index contributed by atoms with van der Waals surface area (Å²) in [5.74, 6) is 0.0260. The Hall–Kier alpha value is -1.55. The summed E-state index contributed by atoms with van der Waals surface area (Å²) in [6, 6.07) is 0. The van der Waals surface area contributed by atoms with Crippen molar-refractivity contribution in [2.45, 2.75) is 31.4 Å². The number of hydrogen-bond acceptors (Lipinski definition) is 7. The summed E-state index contributed by atoms with van der Waals surface area (Å²) in [5.41, 5.74) is 2.64. The minimum Gasteiger partial charge on any atom is -0.378 e. The van der Waals surface area contributed by atoms with E-state index in [4.69, 9.17) is 9.47 Å². The highest BCUT2D eigenvalue weighted by Gasteiger charge is 2.41. The van der Waals surface area contributed by atoms with Gasteiger partial charge in [0.1, 0.15) is 0 Å². The number of ether oxygens (including phenoxy) is 2. The summed E-state index contributed by atoms with van der Waals surface area (Å²) in [4.78, 5) is 35.5. The number of thiazole rings is 1. The van der Waals surface area contributed by atoms with E-state index in [1.807, 2.05) is 5.51 Å². The van der Waals surface area contributed by atoms with Crippen molar-refractivity contribution < 1.29 is 19.1 Å². The smallest absolute Gasteiger partial charge is 0.242 e. The molecule has 1 aromatic heterocycles. The number of likely N-dealkylation sites (tertiary alicyclic amines) is 1. The molecule has 3 aliphatic heterocycles. The summed E-state index contributed by atoms with van der Waals surface area (Å²) < 4.78 is 11.5. The van der Waals surface area contributed by atoms with Crippen LogP contribution < -0.4 is 0 Å².